The molecule has 4 rings (SSSR count). The maximum Gasteiger partial charge on any atom is 0.253 e. The Balaban J connectivity index is 1.44. The molecule has 2 saturated carbocycles. The first-order valence-electron chi connectivity index (χ1n) is 8.27. The highest BCUT2D eigenvalue weighted by atomic mass is 19.3. The lowest BCUT2D eigenvalue weighted by Crippen LogP contribution is -2.31. The minimum Gasteiger partial charge on any atom is -0.437 e. The predicted molar refractivity (Wildman–Crippen MR) is 85.6 cm³/mol. The van der Waals surface area contributed by atoms with Gasteiger partial charge < -0.3 is 10.1 Å². The Hall–Kier alpha value is -2.57. The van der Waals surface area contributed by atoms with Gasteiger partial charge in [0.05, 0.1) is 6.20 Å². The number of aromatic nitrogens is 2. The molecule has 0 spiro atoms. The van der Waals surface area contributed by atoms with Crippen molar-refractivity contribution >= 4 is 5.91 Å². The van der Waals surface area contributed by atoms with E-state index in [2.05, 4.69) is 15.3 Å². The molecule has 1 aromatic heterocycles. The molecular formula is C18H17F2N3O2. The number of nitrogens with one attached hydrogen (secondary N) is 1. The summed E-state index contributed by atoms with van der Waals surface area (Å²) in [6.07, 6.45) is 5.68. The molecule has 2 fully saturated rings. The van der Waals surface area contributed by atoms with Crippen molar-refractivity contribution in [2.24, 2.45) is 11.8 Å². The fraction of sp³-hybridized carbons (Fsp3) is 0.389. The first-order valence-corrected chi connectivity index (χ1v) is 8.27. The number of amides is 1. The Labute approximate surface area is 143 Å². The Morgan fingerprint density at radius 2 is 2.20 bits per heavy atom. The normalized spacial score (nSPS) is 26.4. The first kappa shape index (κ1) is 15.9. The molecule has 0 radical (unpaired) electrons. The zero-order valence-electron chi connectivity index (χ0n) is 13.4. The van der Waals surface area contributed by atoms with E-state index in [4.69, 9.17) is 4.74 Å². The first-order chi connectivity index (χ1) is 12.0. The molecule has 3 unspecified atom stereocenters. The molecule has 2 aromatic rings. The van der Waals surface area contributed by atoms with Crippen LogP contribution in [0.15, 0.2) is 42.9 Å². The van der Waals surface area contributed by atoms with E-state index in [1.54, 1.807) is 24.3 Å². The number of hydrogen-bond donors (Lipinski definition) is 1. The van der Waals surface area contributed by atoms with Gasteiger partial charge in [-0.1, -0.05) is 6.07 Å². The van der Waals surface area contributed by atoms with Gasteiger partial charge >= 0.3 is 0 Å². The molecule has 5 nitrogen and oxygen atoms in total. The van der Waals surface area contributed by atoms with Gasteiger partial charge in [-0.15, -0.1) is 0 Å². The third-order valence-corrected chi connectivity index (χ3v) is 4.86. The molecule has 1 heterocycles. The van der Waals surface area contributed by atoms with Gasteiger partial charge in [0, 0.05) is 36.3 Å². The van der Waals surface area contributed by atoms with Crippen LogP contribution in [0.4, 0.5) is 8.78 Å². The molecule has 1 N–H and O–H groups in total. The molecule has 0 bridgehead atoms. The van der Waals surface area contributed by atoms with Crippen LogP contribution >= 0.6 is 0 Å². The van der Waals surface area contributed by atoms with Gasteiger partial charge in [0.2, 0.25) is 5.88 Å². The van der Waals surface area contributed by atoms with E-state index >= 15 is 0 Å². The minimum atomic E-state index is -2.67. The highest BCUT2D eigenvalue weighted by Gasteiger charge is 2.65. The van der Waals surface area contributed by atoms with Crippen molar-refractivity contribution in [3.05, 3.63) is 48.4 Å². The second kappa shape index (κ2) is 6.06. The topological polar surface area (TPSA) is 64.1 Å². The van der Waals surface area contributed by atoms with Crippen molar-refractivity contribution in [1.29, 1.82) is 0 Å². The van der Waals surface area contributed by atoms with Crippen molar-refractivity contribution in [1.82, 2.24) is 15.3 Å². The lowest BCUT2D eigenvalue weighted by atomic mass is 9.97. The van der Waals surface area contributed by atoms with Crippen molar-refractivity contribution in [3.63, 3.8) is 0 Å². The van der Waals surface area contributed by atoms with Gasteiger partial charge in [-0.2, -0.15) is 0 Å². The van der Waals surface area contributed by atoms with Crippen LogP contribution in [0.1, 0.15) is 29.6 Å². The lowest BCUT2D eigenvalue weighted by Gasteiger charge is -2.19. The summed E-state index contributed by atoms with van der Waals surface area (Å²) in [4.78, 5) is 20.3. The average Bonchev–Trinajstić information content (AvgIpc) is 3.30. The standard InChI is InChI=1S/C18H17F2N3O2/c19-18(20)6-2-5-13-15(18)16(13)23-17(24)11-3-1-4-12(9-11)25-14-10-21-7-8-22-14/h1,3-4,7-10,13,15-16H,2,5-6H2,(H,23,24). The van der Waals surface area contributed by atoms with Gasteiger partial charge in [-0.25, -0.2) is 13.8 Å². The van der Waals surface area contributed by atoms with Crippen LogP contribution in [0, 0.1) is 11.8 Å². The fourth-order valence-electron chi connectivity index (χ4n) is 3.64. The summed E-state index contributed by atoms with van der Waals surface area (Å²) < 4.78 is 33.3. The molecule has 0 aliphatic heterocycles. The van der Waals surface area contributed by atoms with Crippen molar-refractivity contribution in [3.8, 4) is 11.6 Å². The quantitative estimate of drug-likeness (QED) is 0.922. The summed E-state index contributed by atoms with van der Waals surface area (Å²) in [6.45, 7) is 0. The fourth-order valence-corrected chi connectivity index (χ4v) is 3.64. The van der Waals surface area contributed by atoms with Gasteiger partial charge in [0.1, 0.15) is 5.75 Å². The summed E-state index contributed by atoms with van der Waals surface area (Å²) in [5.74, 6) is -3.10. The third-order valence-electron chi connectivity index (χ3n) is 4.86. The van der Waals surface area contributed by atoms with Crippen LogP contribution in [0.3, 0.4) is 0 Å². The molecule has 25 heavy (non-hydrogen) atoms. The molecular weight excluding hydrogens is 328 g/mol. The van der Waals surface area contributed by atoms with Crippen LogP contribution in [0.2, 0.25) is 0 Å². The molecule has 7 heteroatoms. The zero-order valence-corrected chi connectivity index (χ0v) is 13.4. The number of carbonyl (C=O) groups is 1. The number of nitrogens with zero attached hydrogens (tertiary/aromatic N) is 2. The number of fused-ring (bicyclic) bond motifs is 1. The minimum absolute atomic E-state index is 0.0814. The number of rotatable bonds is 4. The van der Waals surface area contributed by atoms with Crippen LogP contribution in [-0.4, -0.2) is 27.8 Å². The number of alkyl halides is 2. The SMILES string of the molecule is O=C(NC1C2CCCC(F)(F)C21)c1cccc(Oc2cnccn2)c1. The maximum absolute atomic E-state index is 13.9. The molecule has 1 aromatic carbocycles. The van der Waals surface area contributed by atoms with Gasteiger partial charge in [-0.05, 0) is 37.0 Å². The number of ether oxygens (including phenoxy) is 1. The largest absolute Gasteiger partial charge is 0.437 e. The van der Waals surface area contributed by atoms with E-state index in [1.807, 2.05) is 0 Å². The Morgan fingerprint density at radius 3 is 2.96 bits per heavy atom. The van der Waals surface area contributed by atoms with Gasteiger partial charge in [0.25, 0.3) is 11.8 Å². The van der Waals surface area contributed by atoms with E-state index < -0.39 is 17.9 Å². The lowest BCUT2D eigenvalue weighted by molar-refractivity contribution is -0.0504. The molecule has 1 amide bonds. The number of halogens is 2. The summed E-state index contributed by atoms with van der Waals surface area (Å²) in [5.41, 5.74) is 0.369. The van der Waals surface area contributed by atoms with E-state index in [0.29, 0.717) is 23.6 Å². The zero-order chi connectivity index (χ0) is 17.4. The van der Waals surface area contributed by atoms with Crippen LogP contribution in [-0.2, 0) is 0 Å². The van der Waals surface area contributed by atoms with Crippen molar-refractivity contribution in [2.75, 3.05) is 0 Å². The molecule has 3 atom stereocenters. The third kappa shape index (κ3) is 3.18. The maximum atomic E-state index is 13.9. The van der Waals surface area contributed by atoms with Crippen molar-refractivity contribution in [2.45, 2.75) is 31.2 Å². The monoisotopic (exact) mass is 345 g/mol. The van der Waals surface area contributed by atoms with Gasteiger partial charge in [-0.3, -0.25) is 9.78 Å². The number of benzene rings is 1. The van der Waals surface area contributed by atoms with Crippen LogP contribution in [0.25, 0.3) is 0 Å². The molecule has 0 saturated heterocycles. The Bertz CT molecular complexity index is 785. The number of carbonyl (C=O) groups excluding carboxylic acids is 1. The van der Waals surface area contributed by atoms with E-state index in [9.17, 15) is 13.6 Å². The van der Waals surface area contributed by atoms with E-state index in [0.717, 1.165) is 6.42 Å². The molecule has 2 aliphatic carbocycles. The summed E-state index contributed by atoms with van der Waals surface area (Å²) >= 11 is 0. The van der Waals surface area contributed by atoms with Crippen LogP contribution in [0.5, 0.6) is 11.6 Å². The second-order valence-corrected chi connectivity index (χ2v) is 6.52. The Kier molecular flexibility index (Phi) is 3.86. The Morgan fingerprint density at radius 1 is 1.32 bits per heavy atom. The summed E-state index contributed by atoms with van der Waals surface area (Å²) in [7, 11) is 0. The van der Waals surface area contributed by atoms with E-state index in [1.165, 1.54) is 18.6 Å². The average molecular weight is 345 g/mol. The van der Waals surface area contributed by atoms with Crippen LogP contribution < -0.4 is 10.1 Å². The van der Waals surface area contributed by atoms with Gasteiger partial charge in [0.15, 0.2) is 0 Å². The predicted octanol–water partition coefficient (Wildman–Crippen LogP) is 3.43. The number of hydrogen-bond acceptors (Lipinski definition) is 4. The molecule has 2 aliphatic rings. The highest BCUT2D eigenvalue weighted by molar-refractivity contribution is 5.95. The summed E-state index contributed by atoms with van der Waals surface area (Å²) in [5, 5.41) is 2.76. The summed E-state index contributed by atoms with van der Waals surface area (Å²) in [6, 6.07) is 6.12. The molecule has 130 valence electrons. The van der Waals surface area contributed by atoms with E-state index in [-0.39, 0.29) is 18.2 Å². The van der Waals surface area contributed by atoms with Crippen molar-refractivity contribution < 1.29 is 18.3 Å². The smallest absolute Gasteiger partial charge is 0.253 e. The second-order valence-electron chi connectivity index (χ2n) is 6.52. The highest BCUT2D eigenvalue weighted by Crippen LogP contribution is 2.57.